The molecule has 6 N–H and O–H groups in total. The van der Waals surface area contributed by atoms with E-state index in [1.54, 1.807) is 0 Å². The summed E-state index contributed by atoms with van der Waals surface area (Å²) in [6, 6.07) is 0. The van der Waals surface area contributed by atoms with Gasteiger partial charge in [0.05, 0.1) is 0 Å². The third-order valence-electron chi connectivity index (χ3n) is 11.9. The molecule has 0 heterocycles. The van der Waals surface area contributed by atoms with Crippen LogP contribution < -0.4 is 154 Å². The molecule has 0 rings (SSSR count). The van der Waals surface area contributed by atoms with Crippen LogP contribution in [0.3, 0.4) is 0 Å². The summed E-state index contributed by atoms with van der Waals surface area (Å²) in [7, 11) is -29.8. The third kappa shape index (κ3) is 58.9. The molecular formula is C54H96K3O18P3S3. The van der Waals surface area contributed by atoms with Crippen molar-refractivity contribution in [2.24, 2.45) is 0 Å². The Kier molecular flexibility index (Phi) is 59.0. The SMILES string of the molecule is CC(C)=CCC/C(C)=C/CC/C(C)=C/CCCC(P(=O)(O)O)S(=O)(=O)[O-].CC(C)=CCC/C(C)=C/CC/C(C)=C/CCCC(P(=O)(O)O)S(=O)(=O)[O-].CC(C)=CCC/C(C)=C/CC/C(C)=C/CCCC(P(=O)(O)O)S(=O)(=O)[O-].[K+].[K+].[K+]. The Balaban J connectivity index is -0.000000256. The first-order chi connectivity index (χ1) is 35.5. The fourth-order valence-corrected chi connectivity index (χ4v) is 14.3. The van der Waals surface area contributed by atoms with Crippen molar-refractivity contribution in [3.05, 3.63) is 105 Å². The smallest absolute Gasteiger partial charge is 0.747 e. The molecule has 0 fully saturated rings. The van der Waals surface area contributed by atoms with E-state index >= 15 is 0 Å². The minimum atomic E-state index is -5.01. The van der Waals surface area contributed by atoms with E-state index < -0.39 is 68.1 Å². The van der Waals surface area contributed by atoms with Gasteiger partial charge in [0.2, 0.25) is 0 Å². The van der Waals surface area contributed by atoms with Gasteiger partial charge in [0.25, 0.3) is 0 Å². The van der Waals surface area contributed by atoms with Crippen LogP contribution >= 0.6 is 22.8 Å². The molecule has 0 amide bonds. The first kappa shape index (κ1) is 94.9. The van der Waals surface area contributed by atoms with Gasteiger partial charge >= 0.3 is 177 Å². The monoisotopic (exact) mass is 1340 g/mol. The molecule has 456 valence electrons. The summed E-state index contributed by atoms with van der Waals surface area (Å²) in [5.74, 6) is 0. The molecule has 0 radical (unpaired) electrons. The fraction of sp³-hybridized carbons (Fsp3) is 0.667. The Morgan fingerprint density at radius 2 is 0.469 bits per heavy atom. The van der Waals surface area contributed by atoms with E-state index in [4.69, 9.17) is 29.4 Å². The summed E-state index contributed by atoms with van der Waals surface area (Å²) in [6.07, 6.45) is 31.9. The van der Waals surface area contributed by atoms with Crippen molar-refractivity contribution < 1.29 is 236 Å². The Bertz CT molecular complexity index is 2300. The molecule has 0 aromatic heterocycles. The minimum Gasteiger partial charge on any atom is -0.747 e. The van der Waals surface area contributed by atoms with Crippen molar-refractivity contribution in [3.63, 3.8) is 0 Å². The molecule has 18 nitrogen and oxygen atoms in total. The molecule has 0 aliphatic carbocycles. The number of hydrogen-bond donors (Lipinski definition) is 6. The van der Waals surface area contributed by atoms with Gasteiger partial charge in [-0.25, -0.2) is 25.3 Å². The van der Waals surface area contributed by atoms with E-state index in [9.17, 15) is 52.6 Å². The Morgan fingerprint density at radius 3 is 0.605 bits per heavy atom. The Hall–Kier alpha value is 2.75. The molecule has 0 aliphatic heterocycles. The summed E-state index contributed by atoms with van der Waals surface area (Å²) in [4.78, 5) is 47.5. The van der Waals surface area contributed by atoms with Crippen molar-refractivity contribution >= 4 is 53.1 Å². The van der Waals surface area contributed by atoms with Crippen molar-refractivity contribution in [1.82, 2.24) is 0 Å². The standard InChI is InChI=1S/3C18H33O6PS.3K/c3*1-15(2)9-7-11-17(4)13-8-12-16(3)10-5-6-14-18(25(19,20)21)26(22,23)24;;;/h3*9-10,13,18H,5-8,11-12,14H2,1-4H3,(H2,19,20,21)(H,22,23,24);;;/q;;;3*+1/p-3/b3*16-10+,17-13+;;;. The average Bonchev–Trinajstić information content (AvgIpc) is 3.23. The van der Waals surface area contributed by atoms with Gasteiger partial charge in [-0.1, -0.05) is 105 Å². The maximum Gasteiger partial charge on any atom is 1.00 e. The second-order valence-corrected chi connectivity index (χ2v) is 31.9. The van der Waals surface area contributed by atoms with Gasteiger partial charge < -0.3 is 43.0 Å². The largest absolute Gasteiger partial charge is 1.00 e. The van der Waals surface area contributed by atoms with Gasteiger partial charge in [0.1, 0.15) is 30.4 Å². The van der Waals surface area contributed by atoms with Crippen LogP contribution in [0.15, 0.2) is 105 Å². The van der Waals surface area contributed by atoms with Crippen molar-refractivity contribution in [2.45, 2.75) is 233 Å². The van der Waals surface area contributed by atoms with Crippen LogP contribution in [0.1, 0.15) is 218 Å². The normalized spacial score (nSPS) is 14.5. The quantitative estimate of drug-likeness (QED) is 0.0160. The van der Waals surface area contributed by atoms with Gasteiger partial charge in [-0.2, -0.15) is 0 Å². The van der Waals surface area contributed by atoms with Gasteiger partial charge in [-0.3, -0.25) is 13.7 Å². The topological polar surface area (TPSA) is 344 Å². The van der Waals surface area contributed by atoms with Crippen LogP contribution in [-0.2, 0) is 44.0 Å². The van der Waals surface area contributed by atoms with E-state index in [-0.39, 0.29) is 193 Å². The number of hydrogen-bond acceptors (Lipinski definition) is 12. The van der Waals surface area contributed by atoms with E-state index in [2.05, 4.69) is 98.8 Å². The molecule has 0 aromatic carbocycles. The van der Waals surface area contributed by atoms with Gasteiger partial charge in [-0.15, -0.1) is 0 Å². The summed E-state index contributed by atoms with van der Waals surface area (Å²) in [5, 5.41) is 0. The molecule has 0 aliphatic rings. The van der Waals surface area contributed by atoms with Crippen LogP contribution in [0.4, 0.5) is 0 Å². The molecular weight excluding hydrogens is 1240 g/mol. The molecule has 0 saturated carbocycles. The fourth-order valence-electron chi connectivity index (χ4n) is 7.38. The molecule has 0 bridgehead atoms. The van der Waals surface area contributed by atoms with Crippen LogP contribution in [0, 0.1) is 0 Å². The van der Waals surface area contributed by atoms with E-state index in [0.717, 1.165) is 93.8 Å². The Labute approximate surface area is 617 Å². The molecule has 3 atom stereocenters. The van der Waals surface area contributed by atoms with Crippen molar-refractivity contribution in [3.8, 4) is 0 Å². The van der Waals surface area contributed by atoms with E-state index in [1.165, 1.54) is 33.4 Å². The number of allylic oxidation sites excluding steroid dienone is 18. The summed E-state index contributed by atoms with van der Waals surface area (Å²) in [6.45, 7) is 24.8. The third-order valence-corrected chi connectivity index (χ3v) is 22.5. The van der Waals surface area contributed by atoms with Crippen LogP contribution in [0.25, 0.3) is 0 Å². The number of rotatable bonds is 36. The molecule has 0 spiro atoms. The van der Waals surface area contributed by atoms with E-state index in [0.29, 0.717) is 19.3 Å². The molecule has 0 aromatic rings. The minimum absolute atomic E-state index is 0. The van der Waals surface area contributed by atoms with Gasteiger partial charge in [-0.05, 0) is 218 Å². The molecule has 81 heavy (non-hydrogen) atoms. The van der Waals surface area contributed by atoms with Crippen LogP contribution in [0.5, 0.6) is 0 Å². The first-order valence-electron chi connectivity index (χ1n) is 26.3. The van der Waals surface area contributed by atoms with Crippen LogP contribution in [0.2, 0.25) is 0 Å². The Morgan fingerprint density at radius 1 is 0.321 bits per heavy atom. The zero-order valence-corrected chi connectivity index (χ0v) is 65.9. The molecule has 27 heteroatoms. The zero-order chi connectivity index (χ0) is 61.1. The summed E-state index contributed by atoms with van der Waals surface area (Å²) < 4.78 is 132. The van der Waals surface area contributed by atoms with Crippen molar-refractivity contribution in [1.29, 1.82) is 0 Å². The predicted octanol–water partition coefficient (Wildman–Crippen LogP) is 4.89. The van der Waals surface area contributed by atoms with E-state index in [1.807, 2.05) is 39.0 Å². The van der Waals surface area contributed by atoms with Gasteiger partial charge in [0.15, 0.2) is 15.0 Å². The maximum absolute atomic E-state index is 11.1. The van der Waals surface area contributed by atoms with Gasteiger partial charge in [0, 0.05) is 0 Å². The molecule has 0 saturated heterocycles. The second kappa shape index (κ2) is 50.4. The van der Waals surface area contributed by atoms with Crippen molar-refractivity contribution in [2.75, 3.05) is 0 Å². The summed E-state index contributed by atoms with van der Waals surface area (Å²) in [5.41, 5.74) is 11.4. The van der Waals surface area contributed by atoms with Crippen LogP contribution in [-0.4, -0.2) is 83.2 Å². The number of unbranched alkanes of at least 4 members (excludes halogenated alkanes) is 3. The predicted molar refractivity (Wildman–Crippen MR) is 314 cm³/mol. The molecule has 3 unspecified atom stereocenters. The first-order valence-corrected chi connectivity index (χ1v) is 35.8. The second-order valence-electron chi connectivity index (χ2n) is 20.8. The zero-order valence-electron chi connectivity index (χ0n) is 51.4. The average molecular weight is 1340 g/mol. The summed E-state index contributed by atoms with van der Waals surface area (Å²) >= 11 is 0. The maximum atomic E-state index is 11.1.